The smallest absolute Gasteiger partial charge is 0.191 e. The molecule has 0 bridgehead atoms. The van der Waals surface area contributed by atoms with Gasteiger partial charge in [-0.05, 0) is 77.6 Å². The molecule has 1 fully saturated rings. The minimum Gasteiger partial charge on any atom is -0.357 e. The van der Waals surface area contributed by atoms with Crippen LogP contribution in [0.5, 0.6) is 0 Å². The van der Waals surface area contributed by atoms with Crippen LogP contribution in [0.2, 0.25) is 0 Å². The Hall–Kier alpha value is -1.66. The topological polar surface area (TPSA) is 42.9 Å². The first-order valence-corrected chi connectivity index (χ1v) is 10.7. The van der Waals surface area contributed by atoms with Crippen molar-refractivity contribution in [2.75, 3.05) is 46.8 Å². The molecule has 1 heterocycles. The Morgan fingerprint density at radius 2 is 1.89 bits per heavy atom. The summed E-state index contributed by atoms with van der Waals surface area (Å²) in [5.41, 5.74) is 1.74. The van der Waals surface area contributed by atoms with Crippen molar-refractivity contribution in [1.82, 2.24) is 20.4 Å². The van der Waals surface area contributed by atoms with E-state index in [4.69, 9.17) is 0 Å². The van der Waals surface area contributed by atoms with Gasteiger partial charge in [0.15, 0.2) is 5.96 Å². The summed E-state index contributed by atoms with van der Waals surface area (Å²) in [5, 5.41) is 6.74. The number of aliphatic imine (C=N–C) groups is 1. The standard InChI is InChI=1S/C22H38FN5/c1-4-24-22(25-12-9-15-28-13-7-5-6-8-14-28)26-17-19-10-11-21(23)20(16-19)18-27(2)3/h10-11,16H,4-9,12-15,17-18H2,1-3H3,(H2,24,25,26). The van der Waals surface area contributed by atoms with Gasteiger partial charge in [-0.1, -0.05) is 18.9 Å². The Morgan fingerprint density at radius 1 is 1.14 bits per heavy atom. The zero-order valence-electron chi connectivity index (χ0n) is 17.9. The number of guanidine groups is 1. The molecule has 0 spiro atoms. The van der Waals surface area contributed by atoms with E-state index >= 15 is 0 Å². The first-order chi connectivity index (χ1) is 13.6. The average Bonchev–Trinajstić information content (AvgIpc) is 2.94. The largest absolute Gasteiger partial charge is 0.357 e. The first kappa shape index (κ1) is 22.6. The lowest BCUT2D eigenvalue weighted by atomic mass is 10.1. The fourth-order valence-electron chi connectivity index (χ4n) is 3.57. The predicted octanol–water partition coefficient (Wildman–Crippen LogP) is 3.21. The van der Waals surface area contributed by atoms with Crippen LogP contribution in [0.15, 0.2) is 23.2 Å². The Balaban J connectivity index is 1.82. The van der Waals surface area contributed by atoms with E-state index in [2.05, 4.69) is 27.4 Å². The lowest BCUT2D eigenvalue weighted by Crippen LogP contribution is -2.39. The van der Waals surface area contributed by atoms with E-state index in [9.17, 15) is 4.39 Å². The molecule has 0 radical (unpaired) electrons. The monoisotopic (exact) mass is 391 g/mol. The van der Waals surface area contributed by atoms with Crippen LogP contribution >= 0.6 is 0 Å². The third-order valence-corrected chi connectivity index (χ3v) is 5.00. The van der Waals surface area contributed by atoms with Crippen molar-refractivity contribution < 1.29 is 4.39 Å². The van der Waals surface area contributed by atoms with Gasteiger partial charge in [0.25, 0.3) is 0 Å². The second-order valence-corrected chi connectivity index (χ2v) is 7.89. The molecule has 0 atom stereocenters. The predicted molar refractivity (Wildman–Crippen MR) is 116 cm³/mol. The van der Waals surface area contributed by atoms with E-state index in [0.29, 0.717) is 18.7 Å². The lowest BCUT2D eigenvalue weighted by molar-refractivity contribution is 0.282. The van der Waals surface area contributed by atoms with Crippen molar-refractivity contribution in [2.24, 2.45) is 4.99 Å². The van der Waals surface area contributed by atoms with E-state index in [0.717, 1.165) is 37.6 Å². The highest BCUT2D eigenvalue weighted by molar-refractivity contribution is 5.79. The summed E-state index contributed by atoms with van der Waals surface area (Å²) in [6.07, 6.45) is 6.56. The molecule has 0 saturated carbocycles. The van der Waals surface area contributed by atoms with Gasteiger partial charge in [0.2, 0.25) is 0 Å². The quantitative estimate of drug-likeness (QED) is 0.385. The molecule has 2 rings (SSSR count). The van der Waals surface area contributed by atoms with Crippen LogP contribution in [0.4, 0.5) is 4.39 Å². The van der Waals surface area contributed by atoms with Gasteiger partial charge in [-0.15, -0.1) is 0 Å². The van der Waals surface area contributed by atoms with Crippen LogP contribution in [0.1, 0.15) is 50.2 Å². The summed E-state index contributed by atoms with van der Waals surface area (Å²) in [4.78, 5) is 9.24. The molecule has 0 aromatic heterocycles. The number of hydrogen-bond acceptors (Lipinski definition) is 3. The maximum Gasteiger partial charge on any atom is 0.191 e. The van der Waals surface area contributed by atoms with Crippen LogP contribution in [0.3, 0.4) is 0 Å². The number of halogens is 1. The molecule has 1 aliphatic rings. The number of rotatable bonds is 9. The Labute approximate surface area is 170 Å². The third-order valence-electron chi connectivity index (χ3n) is 5.00. The summed E-state index contributed by atoms with van der Waals surface area (Å²) < 4.78 is 13.9. The summed E-state index contributed by atoms with van der Waals surface area (Å²) in [5.74, 6) is 0.678. The van der Waals surface area contributed by atoms with Crippen LogP contribution in [-0.2, 0) is 13.1 Å². The lowest BCUT2D eigenvalue weighted by Gasteiger charge is -2.20. The van der Waals surface area contributed by atoms with E-state index in [1.165, 1.54) is 38.8 Å². The van der Waals surface area contributed by atoms with E-state index in [1.807, 2.05) is 31.1 Å². The SMILES string of the molecule is CCNC(=NCc1ccc(F)c(CN(C)C)c1)NCCCN1CCCCCC1. The van der Waals surface area contributed by atoms with Gasteiger partial charge >= 0.3 is 0 Å². The first-order valence-electron chi connectivity index (χ1n) is 10.7. The third kappa shape index (κ3) is 8.57. The minimum absolute atomic E-state index is 0.153. The van der Waals surface area contributed by atoms with Crippen molar-refractivity contribution in [3.05, 3.63) is 35.1 Å². The molecule has 158 valence electrons. The molecule has 6 heteroatoms. The highest BCUT2D eigenvalue weighted by Crippen LogP contribution is 2.13. The summed E-state index contributed by atoms with van der Waals surface area (Å²) in [6.45, 7) is 8.59. The molecule has 0 aliphatic carbocycles. The number of hydrogen-bond donors (Lipinski definition) is 2. The molecule has 0 unspecified atom stereocenters. The van der Waals surface area contributed by atoms with Crippen LogP contribution in [0.25, 0.3) is 0 Å². The van der Waals surface area contributed by atoms with Gasteiger partial charge in [-0.3, -0.25) is 0 Å². The zero-order chi connectivity index (χ0) is 20.2. The van der Waals surface area contributed by atoms with Gasteiger partial charge in [-0.25, -0.2) is 9.38 Å². The van der Waals surface area contributed by atoms with Crippen LogP contribution < -0.4 is 10.6 Å². The highest BCUT2D eigenvalue weighted by atomic mass is 19.1. The van der Waals surface area contributed by atoms with Crippen molar-refractivity contribution >= 4 is 5.96 Å². The average molecular weight is 392 g/mol. The maximum absolute atomic E-state index is 13.9. The summed E-state index contributed by atoms with van der Waals surface area (Å²) in [7, 11) is 3.90. The molecule has 1 aliphatic heterocycles. The van der Waals surface area contributed by atoms with Gasteiger partial charge in [0, 0.05) is 25.2 Å². The normalized spacial score (nSPS) is 16.2. The van der Waals surface area contributed by atoms with Crippen molar-refractivity contribution in [3.63, 3.8) is 0 Å². The Bertz CT molecular complexity index is 595. The minimum atomic E-state index is -0.153. The zero-order valence-corrected chi connectivity index (χ0v) is 17.9. The Kier molecular flexibility index (Phi) is 10.3. The van der Waals surface area contributed by atoms with Gasteiger partial charge < -0.3 is 20.4 Å². The van der Waals surface area contributed by atoms with Crippen LogP contribution in [0, 0.1) is 5.82 Å². The second kappa shape index (κ2) is 12.7. The van der Waals surface area contributed by atoms with E-state index in [1.54, 1.807) is 6.07 Å². The maximum atomic E-state index is 13.9. The highest BCUT2D eigenvalue weighted by Gasteiger charge is 2.08. The molecule has 1 aromatic rings. The number of nitrogens with zero attached hydrogens (tertiary/aromatic N) is 3. The summed E-state index contributed by atoms with van der Waals surface area (Å²) >= 11 is 0. The molecular formula is C22H38FN5. The fraction of sp³-hybridized carbons (Fsp3) is 0.682. The van der Waals surface area contributed by atoms with Crippen LogP contribution in [-0.4, -0.2) is 62.6 Å². The fourth-order valence-corrected chi connectivity index (χ4v) is 3.57. The van der Waals surface area contributed by atoms with Crippen molar-refractivity contribution in [3.8, 4) is 0 Å². The Morgan fingerprint density at radius 3 is 2.57 bits per heavy atom. The molecule has 0 amide bonds. The molecule has 2 N–H and O–H groups in total. The number of benzene rings is 1. The van der Waals surface area contributed by atoms with Gasteiger partial charge in [-0.2, -0.15) is 0 Å². The van der Waals surface area contributed by atoms with Gasteiger partial charge in [0.1, 0.15) is 5.82 Å². The van der Waals surface area contributed by atoms with E-state index < -0.39 is 0 Å². The van der Waals surface area contributed by atoms with Crippen molar-refractivity contribution in [2.45, 2.75) is 52.1 Å². The van der Waals surface area contributed by atoms with Crippen molar-refractivity contribution in [1.29, 1.82) is 0 Å². The van der Waals surface area contributed by atoms with Gasteiger partial charge in [0.05, 0.1) is 6.54 Å². The molecular weight excluding hydrogens is 353 g/mol. The number of likely N-dealkylation sites (tertiary alicyclic amines) is 1. The molecule has 28 heavy (non-hydrogen) atoms. The second-order valence-electron chi connectivity index (χ2n) is 7.89. The molecule has 5 nitrogen and oxygen atoms in total. The van der Waals surface area contributed by atoms with E-state index in [-0.39, 0.29) is 5.82 Å². The number of nitrogens with one attached hydrogen (secondary N) is 2. The summed E-state index contributed by atoms with van der Waals surface area (Å²) in [6, 6.07) is 5.29. The molecule has 1 aromatic carbocycles. The molecule has 1 saturated heterocycles.